The Morgan fingerprint density at radius 2 is 1.33 bits per heavy atom. The fourth-order valence-electron chi connectivity index (χ4n) is 4.96. The lowest BCUT2D eigenvalue weighted by molar-refractivity contribution is 0.0691. The van der Waals surface area contributed by atoms with Crippen LogP contribution in [0.3, 0.4) is 0 Å². The zero-order chi connectivity index (χ0) is 40.6. The standard InChI is InChI=1S/C13H20ClNO2.C13H18ClNO.C10H15NO.C3H5ClO.H2O4S/c14-9-13(17)11-15(7-4-8-16)10-12-5-2-1-3-6-12;14-9-13-11-15(7-4-8-16-13)10-12-5-2-1-3-6-12;12-8-4-7-11-9-10-5-2-1-3-6-10;4-1-3-2-5-3;1-5(2,3)4/h1-3,5-6,13,16-17H,4,7-11H2;1-3,5-6,13H,4,7-11H2;1-3,5-6,11-12H,4,7-9H2;3H,1-2H2;(H2,1,2,3,4). The molecule has 3 unspecified atom stereocenters. The van der Waals surface area contributed by atoms with Crippen LogP contribution in [0.2, 0.25) is 0 Å². The lowest BCUT2D eigenvalue weighted by atomic mass is 10.2. The van der Waals surface area contributed by atoms with Crippen LogP contribution in [-0.2, 0) is 39.5 Å². The number of hydrogen-bond donors (Lipinski definition) is 6. The van der Waals surface area contributed by atoms with Crippen LogP contribution in [0.1, 0.15) is 36.0 Å². The minimum atomic E-state index is -4.67. The lowest BCUT2D eigenvalue weighted by Crippen LogP contribution is -2.34. The Kier molecular flexibility index (Phi) is 30.7. The van der Waals surface area contributed by atoms with Crippen molar-refractivity contribution < 1.29 is 42.3 Å². The molecule has 5 rings (SSSR count). The number of hydrogen-bond acceptors (Lipinski definition) is 10. The first-order chi connectivity index (χ1) is 26.5. The molecule has 0 aromatic heterocycles. The quantitative estimate of drug-likeness (QED) is 0.0459. The molecule has 6 N–H and O–H groups in total. The van der Waals surface area contributed by atoms with Gasteiger partial charge in [0.05, 0.1) is 30.8 Å². The molecule has 2 aliphatic rings. The summed E-state index contributed by atoms with van der Waals surface area (Å²) >= 11 is 16.8. The third-order valence-electron chi connectivity index (χ3n) is 7.64. The fraction of sp³-hybridized carbons (Fsp3) is 0.538. The van der Waals surface area contributed by atoms with Crippen molar-refractivity contribution in [2.75, 3.05) is 76.8 Å². The zero-order valence-corrected chi connectivity index (χ0v) is 34.5. The van der Waals surface area contributed by atoms with E-state index < -0.39 is 16.5 Å². The lowest BCUT2D eigenvalue weighted by Gasteiger charge is -2.24. The summed E-state index contributed by atoms with van der Waals surface area (Å²) in [5.41, 5.74) is 3.85. The van der Waals surface area contributed by atoms with E-state index in [1.165, 1.54) is 16.7 Å². The first-order valence-corrected chi connectivity index (χ1v) is 21.3. The van der Waals surface area contributed by atoms with Crippen molar-refractivity contribution in [3.63, 3.8) is 0 Å². The Hall–Kier alpha value is -1.92. The molecule has 0 bridgehead atoms. The molecule has 2 heterocycles. The molecule has 12 nitrogen and oxygen atoms in total. The molecule has 0 saturated carbocycles. The Morgan fingerprint density at radius 1 is 0.800 bits per heavy atom. The monoisotopic (exact) mass is 851 g/mol. The number of rotatable bonds is 17. The van der Waals surface area contributed by atoms with Crippen molar-refractivity contribution in [3.8, 4) is 0 Å². The molecule has 55 heavy (non-hydrogen) atoms. The summed E-state index contributed by atoms with van der Waals surface area (Å²) in [7, 11) is -4.67. The van der Waals surface area contributed by atoms with Gasteiger partial charge in [0, 0.05) is 77.4 Å². The molecule has 0 amide bonds. The molecule has 0 radical (unpaired) electrons. The van der Waals surface area contributed by atoms with Crippen LogP contribution in [0.4, 0.5) is 0 Å². The van der Waals surface area contributed by atoms with Gasteiger partial charge >= 0.3 is 10.4 Å². The Labute approximate surface area is 342 Å². The van der Waals surface area contributed by atoms with Crippen LogP contribution < -0.4 is 5.32 Å². The van der Waals surface area contributed by atoms with E-state index >= 15 is 0 Å². The molecule has 3 aromatic rings. The first-order valence-electron chi connectivity index (χ1n) is 18.3. The smallest absolute Gasteiger partial charge is 0.394 e. The van der Waals surface area contributed by atoms with E-state index in [-0.39, 0.29) is 25.2 Å². The molecule has 3 aromatic carbocycles. The number of alkyl halides is 3. The van der Waals surface area contributed by atoms with Gasteiger partial charge in [0.2, 0.25) is 0 Å². The van der Waals surface area contributed by atoms with Gasteiger partial charge in [0.25, 0.3) is 0 Å². The summed E-state index contributed by atoms with van der Waals surface area (Å²) < 4.78 is 42.0. The molecule has 312 valence electrons. The third kappa shape index (κ3) is 31.8. The Bertz CT molecular complexity index is 1400. The zero-order valence-electron chi connectivity index (χ0n) is 31.4. The highest BCUT2D eigenvalue weighted by molar-refractivity contribution is 7.79. The number of nitrogens with one attached hydrogen (secondary N) is 1. The summed E-state index contributed by atoms with van der Waals surface area (Å²) in [4.78, 5) is 4.54. The first kappa shape index (κ1) is 51.1. The minimum absolute atomic E-state index is 0.169. The molecule has 2 fully saturated rings. The molecule has 2 aliphatic heterocycles. The summed E-state index contributed by atoms with van der Waals surface area (Å²) in [5, 5.41) is 30.2. The van der Waals surface area contributed by atoms with E-state index in [9.17, 15) is 5.11 Å². The van der Waals surface area contributed by atoms with Crippen LogP contribution in [0.25, 0.3) is 0 Å². The third-order valence-corrected chi connectivity index (χ3v) is 8.69. The average Bonchev–Trinajstić information content (AvgIpc) is 4.05. The van der Waals surface area contributed by atoms with Gasteiger partial charge in [-0.25, -0.2) is 0 Å². The van der Waals surface area contributed by atoms with E-state index in [0.717, 1.165) is 71.9 Å². The van der Waals surface area contributed by atoms with Crippen molar-refractivity contribution >= 4 is 45.2 Å². The van der Waals surface area contributed by atoms with Crippen molar-refractivity contribution in [2.24, 2.45) is 0 Å². The second-order valence-corrected chi connectivity index (χ2v) is 14.4. The minimum Gasteiger partial charge on any atom is -0.396 e. The molecular formula is C39H60Cl3N3O9S. The molecule has 0 aliphatic carbocycles. The van der Waals surface area contributed by atoms with E-state index in [2.05, 4.69) is 69.7 Å². The van der Waals surface area contributed by atoms with Gasteiger partial charge in [-0.1, -0.05) is 91.0 Å². The Morgan fingerprint density at radius 3 is 1.80 bits per heavy atom. The highest BCUT2D eigenvalue weighted by atomic mass is 35.5. The predicted molar refractivity (Wildman–Crippen MR) is 221 cm³/mol. The van der Waals surface area contributed by atoms with Crippen LogP contribution in [0, 0.1) is 0 Å². The van der Waals surface area contributed by atoms with E-state index in [4.69, 9.17) is 72.0 Å². The molecule has 16 heteroatoms. The maximum absolute atomic E-state index is 9.57. The summed E-state index contributed by atoms with van der Waals surface area (Å²) in [6.45, 7) is 9.03. The van der Waals surface area contributed by atoms with Crippen molar-refractivity contribution in [1.29, 1.82) is 0 Å². The Balaban J connectivity index is 0.000000369. The summed E-state index contributed by atoms with van der Waals surface area (Å²) in [6, 6.07) is 30.9. The van der Waals surface area contributed by atoms with Crippen molar-refractivity contribution in [1.82, 2.24) is 15.1 Å². The number of benzene rings is 3. The normalized spacial score (nSPS) is 17.0. The highest BCUT2D eigenvalue weighted by Crippen LogP contribution is 2.12. The molecule has 3 atom stereocenters. The van der Waals surface area contributed by atoms with Crippen LogP contribution >= 0.6 is 34.8 Å². The van der Waals surface area contributed by atoms with Gasteiger partial charge in [0.1, 0.15) is 0 Å². The number of ether oxygens (including phenoxy) is 2. The second-order valence-electron chi connectivity index (χ2n) is 12.6. The van der Waals surface area contributed by atoms with Gasteiger partial charge in [-0.05, 0) is 42.5 Å². The average molecular weight is 853 g/mol. The van der Waals surface area contributed by atoms with Crippen LogP contribution in [0.15, 0.2) is 91.0 Å². The number of aliphatic hydroxyl groups is 3. The van der Waals surface area contributed by atoms with Gasteiger partial charge in [-0.2, -0.15) is 8.42 Å². The van der Waals surface area contributed by atoms with Crippen molar-refractivity contribution in [2.45, 2.75) is 57.2 Å². The maximum atomic E-state index is 9.57. The number of aliphatic hydroxyl groups excluding tert-OH is 3. The predicted octanol–water partition coefficient (Wildman–Crippen LogP) is 5.12. The highest BCUT2D eigenvalue weighted by Gasteiger charge is 2.20. The van der Waals surface area contributed by atoms with Gasteiger partial charge in [0.15, 0.2) is 0 Å². The van der Waals surface area contributed by atoms with E-state index in [1.807, 2.05) is 36.4 Å². The van der Waals surface area contributed by atoms with Gasteiger partial charge in [-0.15, -0.1) is 34.8 Å². The largest absolute Gasteiger partial charge is 0.396 e. The van der Waals surface area contributed by atoms with Gasteiger partial charge in [-0.3, -0.25) is 18.9 Å². The summed E-state index contributed by atoms with van der Waals surface area (Å²) in [6.07, 6.45) is 2.71. The number of epoxide rings is 1. The molecule has 0 spiro atoms. The topological polar surface area (TPSA) is 176 Å². The number of nitrogens with zero attached hydrogens (tertiary/aromatic N) is 2. The van der Waals surface area contributed by atoms with E-state index in [1.54, 1.807) is 0 Å². The van der Waals surface area contributed by atoms with E-state index in [0.29, 0.717) is 30.8 Å². The SMILES string of the molecule is ClCC1CN(Cc2ccccc2)CCCO1.ClCC1CO1.O=S(=O)(O)O.OCCCN(Cc1ccccc1)CC(O)CCl.OCCCNCc1ccccc1. The second kappa shape index (κ2) is 33.1. The van der Waals surface area contributed by atoms with Crippen LogP contribution in [-0.4, -0.2) is 138 Å². The van der Waals surface area contributed by atoms with Gasteiger partial charge < -0.3 is 30.1 Å². The fourth-order valence-corrected chi connectivity index (χ4v) is 5.42. The molecular weight excluding hydrogens is 793 g/mol. The van der Waals surface area contributed by atoms with Crippen molar-refractivity contribution in [3.05, 3.63) is 108 Å². The molecule has 2 saturated heterocycles. The summed E-state index contributed by atoms with van der Waals surface area (Å²) in [5.74, 6) is 1.50. The van der Waals surface area contributed by atoms with Crippen LogP contribution in [0.5, 0.6) is 0 Å². The number of halogens is 3. The maximum Gasteiger partial charge on any atom is 0.394 e.